The molecule has 0 unspecified atom stereocenters. The minimum absolute atomic E-state index is 0.0138. The molecule has 4 aliphatic rings. The van der Waals surface area contributed by atoms with Crippen LogP contribution in [0.15, 0.2) is 60.2 Å². The minimum Gasteiger partial charge on any atom is -0.482 e. The van der Waals surface area contributed by atoms with Crippen LogP contribution in [-0.2, 0) is 11.0 Å². The lowest BCUT2D eigenvalue weighted by Crippen LogP contribution is -2.59. The SMILES string of the molecule is CC1(C)[C@H]2CC[C@@H](CN(C(=O)c3ccc(C(F)(F)F)cc3)[C@@H]3CC(C(=O)NCCO)=C[C@H](Oc4ccccc4I)[C@H]3O)[C@@H]1C2. The predicted octanol–water partition coefficient (Wildman–Crippen LogP) is 5.44. The summed E-state index contributed by atoms with van der Waals surface area (Å²) in [5, 5.41) is 23.7. The van der Waals surface area contributed by atoms with Gasteiger partial charge in [-0.05, 0) is 107 Å². The maximum atomic E-state index is 14.2. The molecule has 0 aliphatic heterocycles. The van der Waals surface area contributed by atoms with Crippen molar-refractivity contribution in [3.63, 3.8) is 0 Å². The van der Waals surface area contributed by atoms with Crippen LogP contribution >= 0.6 is 22.6 Å². The number of nitrogens with zero attached hydrogens (tertiary/aromatic N) is 1. The molecule has 2 bridgehead atoms. The molecular weight excluding hydrogens is 688 g/mol. The number of amides is 2. The number of rotatable bonds is 9. The van der Waals surface area contributed by atoms with E-state index in [9.17, 15) is 33.0 Å². The van der Waals surface area contributed by atoms with E-state index >= 15 is 0 Å². The Labute approximate surface area is 269 Å². The molecule has 6 atom stereocenters. The third-order valence-corrected chi connectivity index (χ3v) is 10.8. The average Bonchev–Trinajstić information content (AvgIpc) is 3.00. The number of alkyl halides is 3. The molecule has 3 N–H and O–H groups in total. The first-order chi connectivity index (χ1) is 20.8. The lowest BCUT2D eigenvalue weighted by Gasteiger charge is -2.61. The minimum atomic E-state index is -4.55. The maximum Gasteiger partial charge on any atom is 0.416 e. The summed E-state index contributed by atoms with van der Waals surface area (Å²) in [6.07, 6.45) is -2.21. The number of benzene rings is 2. The zero-order valence-electron chi connectivity index (χ0n) is 24.7. The highest BCUT2D eigenvalue weighted by Crippen LogP contribution is 2.61. The zero-order valence-corrected chi connectivity index (χ0v) is 26.8. The smallest absolute Gasteiger partial charge is 0.416 e. The van der Waals surface area contributed by atoms with Crippen LogP contribution < -0.4 is 10.1 Å². The van der Waals surface area contributed by atoms with Crippen LogP contribution in [0, 0.1) is 26.7 Å². The van der Waals surface area contributed by atoms with Gasteiger partial charge in [-0.3, -0.25) is 9.59 Å². The van der Waals surface area contributed by atoms with Crippen molar-refractivity contribution in [2.45, 2.75) is 64.0 Å². The van der Waals surface area contributed by atoms with Crippen LogP contribution in [0.25, 0.3) is 0 Å². The van der Waals surface area contributed by atoms with E-state index in [0.717, 1.165) is 35.0 Å². The second-order valence-electron chi connectivity index (χ2n) is 12.7. The Morgan fingerprint density at radius 2 is 1.82 bits per heavy atom. The van der Waals surface area contributed by atoms with Crippen molar-refractivity contribution in [1.29, 1.82) is 0 Å². The van der Waals surface area contributed by atoms with Crippen molar-refractivity contribution in [3.05, 3.63) is 74.9 Å². The highest BCUT2D eigenvalue weighted by atomic mass is 127. The normalized spacial score (nSPS) is 27.5. The molecule has 44 heavy (non-hydrogen) atoms. The summed E-state index contributed by atoms with van der Waals surface area (Å²) in [7, 11) is 0. The van der Waals surface area contributed by atoms with Crippen LogP contribution in [0.1, 0.15) is 55.5 Å². The molecule has 0 heterocycles. The van der Waals surface area contributed by atoms with Crippen molar-refractivity contribution in [2.24, 2.45) is 23.2 Å². The van der Waals surface area contributed by atoms with E-state index in [1.54, 1.807) is 23.1 Å². The molecule has 6 rings (SSSR count). The van der Waals surface area contributed by atoms with E-state index in [4.69, 9.17) is 4.74 Å². The molecule has 0 aromatic heterocycles. The molecule has 2 aromatic carbocycles. The first kappa shape index (κ1) is 32.7. The van der Waals surface area contributed by atoms with Crippen LogP contribution in [-0.4, -0.2) is 64.9 Å². The van der Waals surface area contributed by atoms with Crippen molar-refractivity contribution < 1.29 is 37.7 Å². The first-order valence-corrected chi connectivity index (χ1v) is 16.1. The molecule has 2 aromatic rings. The van der Waals surface area contributed by atoms with Crippen LogP contribution in [0.2, 0.25) is 0 Å². The van der Waals surface area contributed by atoms with E-state index in [1.165, 1.54) is 12.1 Å². The van der Waals surface area contributed by atoms with Gasteiger partial charge < -0.3 is 25.2 Å². The van der Waals surface area contributed by atoms with Gasteiger partial charge in [-0.1, -0.05) is 26.0 Å². The van der Waals surface area contributed by atoms with Gasteiger partial charge in [-0.15, -0.1) is 0 Å². The molecule has 238 valence electrons. The number of aliphatic hydroxyl groups is 2. The zero-order chi connectivity index (χ0) is 31.8. The summed E-state index contributed by atoms with van der Waals surface area (Å²) in [6.45, 7) is 4.55. The molecule has 0 radical (unpaired) electrons. The summed E-state index contributed by atoms with van der Waals surface area (Å²) < 4.78 is 46.9. The fraction of sp³-hybridized carbons (Fsp3) is 0.515. The summed E-state index contributed by atoms with van der Waals surface area (Å²) in [5.74, 6) is 0.665. The topological polar surface area (TPSA) is 99.1 Å². The van der Waals surface area contributed by atoms with Crippen LogP contribution in [0.5, 0.6) is 5.75 Å². The van der Waals surface area contributed by atoms with Crippen LogP contribution in [0.4, 0.5) is 13.2 Å². The summed E-state index contributed by atoms with van der Waals surface area (Å²) in [5.41, 5.74) is -0.378. The number of hydrogen-bond donors (Lipinski definition) is 3. The number of carbonyl (C=O) groups excluding carboxylic acids is 2. The van der Waals surface area contributed by atoms with Gasteiger partial charge in [-0.25, -0.2) is 0 Å². The average molecular weight is 727 g/mol. The number of aliphatic hydroxyl groups excluding tert-OH is 2. The number of fused-ring (bicyclic) bond motifs is 2. The molecule has 11 heteroatoms. The van der Waals surface area contributed by atoms with E-state index in [1.807, 2.05) is 12.1 Å². The van der Waals surface area contributed by atoms with E-state index < -0.39 is 41.8 Å². The van der Waals surface area contributed by atoms with E-state index in [2.05, 4.69) is 41.8 Å². The third kappa shape index (κ3) is 6.64. The monoisotopic (exact) mass is 726 g/mol. The molecule has 3 saturated carbocycles. The number of hydrogen-bond acceptors (Lipinski definition) is 5. The number of carbonyl (C=O) groups is 2. The second kappa shape index (κ2) is 13.0. The lowest BCUT2D eigenvalue weighted by molar-refractivity contribution is -0.137. The number of ether oxygens (including phenoxy) is 1. The summed E-state index contributed by atoms with van der Waals surface area (Å²) in [4.78, 5) is 28.9. The van der Waals surface area contributed by atoms with Gasteiger partial charge in [0.15, 0.2) is 0 Å². The van der Waals surface area contributed by atoms with Crippen molar-refractivity contribution in [1.82, 2.24) is 10.2 Å². The Morgan fingerprint density at radius 3 is 2.43 bits per heavy atom. The Bertz CT molecular complexity index is 1390. The summed E-state index contributed by atoms with van der Waals surface area (Å²) in [6, 6.07) is 10.5. The maximum absolute atomic E-state index is 14.2. The van der Waals surface area contributed by atoms with Gasteiger partial charge in [0.1, 0.15) is 18.0 Å². The van der Waals surface area contributed by atoms with Crippen molar-refractivity contribution >= 4 is 34.4 Å². The molecule has 7 nitrogen and oxygen atoms in total. The Kier molecular flexibility index (Phi) is 9.67. The standard InChI is InChI=1S/C33H38F3IN2O5/c1-32(2)23-12-9-20(24(32)17-23)18-39(31(43)19-7-10-22(11-8-19)33(34,35)36)26-15-21(30(42)38-13-14-40)16-28(29(26)41)44-27-6-4-3-5-25(27)37/h3-8,10-11,16,20,23-24,26,28-29,40-41H,9,12-15,17-18H2,1-2H3,(H,38,42)/t20-,23-,24-,26+,28-,29-/m0/s1. The molecule has 0 spiro atoms. The van der Waals surface area contributed by atoms with Gasteiger partial charge in [0, 0.05) is 30.6 Å². The Hall–Kier alpha value is -2.64. The molecular formula is C33H38F3IN2O5. The van der Waals surface area contributed by atoms with Gasteiger partial charge in [-0.2, -0.15) is 13.2 Å². The number of halogens is 4. The fourth-order valence-corrected chi connectivity index (χ4v) is 7.75. The third-order valence-electron chi connectivity index (χ3n) is 9.87. The van der Waals surface area contributed by atoms with Gasteiger partial charge in [0.2, 0.25) is 5.91 Å². The molecule has 4 aliphatic carbocycles. The molecule has 0 saturated heterocycles. The quantitative estimate of drug-likeness (QED) is 0.299. The van der Waals surface area contributed by atoms with Crippen molar-refractivity contribution in [3.8, 4) is 5.75 Å². The van der Waals surface area contributed by atoms with E-state index in [0.29, 0.717) is 29.7 Å². The van der Waals surface area contributed by atoms with Crippen LogP contribution in [0.3, 0.4) is 0 Å². The number of para-hydroxylation sites is 1. The van der Waals surface area contributed by atoms with Gasteiger partial charge in [0.05, 0.1) is 21.8 Å². The largest absolute Gasteiger partial charge is 0.482 e. The number of nitrogens with one attached hydrogen (secondary N) is 1. The Balaban J connectivity index is 1.51. The Morgan fingerprint density at radius 1 is 1.11 bits per heavy atom. The second-order valence-corrected chi connectivity index (χ2v) is 13.8. The molecule has 3 fully saturated rings. The fourth-order valence-electron chi connectivity index (χ4n) is 7.24. The summed E-state index contributed by atoms with van der Waals surface area (Å²) >= 11 is 2.11. The van der Waals surface area contributed by atoms with Crippen molar-refractivity contribution in [2.75, 3.05) is 19.7 Å². The molecule has 2 amide bonds. The predicted molar refractivity (Wildman–Crippen MR) is 167 cm³/mol. The van der Waals surface area contributed by atoms with Gasteiger partial charge in [0.25, 0.3) is 5.91 Å². The lowest BCUT2D eigenvalue weighted by atomic mass is 9.45. The first-order valence-electron chi connectivity index (χ1n) is 15.0. The highest BCUT2D eigenvalue weighted by Gasteiger charge is 2.55. The highest BCUT2D eigenvalue weighted by molar-refractivity contribution is 14.1. The van der Waals surface area contributed by atoms with Gasteiger partial charge >= 0.3 is 6.18 Å². The van der Waals surface area contributed by atoms with E-state index in [-0.39, 0.29) is 36.5 Å².